The molecule has 0 saturated carbocycles. The molecule has 12 heavy (non-hydrogen) atoms. The molecule has 0 atom stereocenters. The highest BCUT2D eigenvalue weighted by atomic mass is 32.3. The van der Waals surface area contributed by atoms with Gasteiger partial charge in [-0.3, -0.25) is 0 Å². The van der Waals surface area contributed by atoms with Gasteiger partial charge in [0.05, 0.1) is 5.75 Å². The molecule has 0 amide bonds. The lowest BCUT2D eigenvalue weighted by Crippen LogP contribution is -2.00. The highest BCUT2D eigenvalue weighted by Crippen LogP contribution is 2.14. The second-order valence-corrected chi connectivity index (χ2v) is 5.07. The molecule has 0 unspecified atom stereocenters. The molecule has 0 aliphatic rings. The SMILES string of the molecule is Cc1csc(CCS(=O)(=O)F)c1. The molecule has 1 aromatic rings. The zero-order valence-electron chi connectivity index (χ0n) is 6.58. The highest BCUT2D eigenvalue weighted by molar-refractivity contribution is 7.86. The van der Waals surface area contributed by atoms with Gasteiger partial charge >= 0.3 is 10.2 Å². The smallest absolute Gasteiger partial charge is 0.195 e. The van der Waals surface area contributed by atoms with Crippen LogP contribution in [-0.2, 0) is 16.6 Å². The maximum atomic E-state index is 12.1. The fraction of sp³-hybridized carbons (Fsp3) is 0.429. The maximum absolute atomic E-state index is 12.1. The second-order valence-electron chi connectivity index (χ2n) is 2.58. The van der Waals surface area contributed by atoms with Gasteiger partial charge in [-0.05, 0) is 30.4 Å². The van der Waals surface area contributed by atoms with Crippen LogP contribution in [-0.4, -0.2) is 14.2 Å². The van der Waals surface area contributed by atoms with Crippen molar-refractivity contribution in [1.82, 2.24) is 0 Å². The first kappa shape index (κ1) is 9.67. The monoisotopic (exact) mass is 208 g/mol. The summed E-state index contributed by atoms with van der Waals surface area (Å²) >= 11 is 1.46. The molecule has 5 heteroatoms. The molecule has 1 rings (SSSR count). The molecule has 2 nitrogen and oxygen atoms in total. The van der Waals surface area contributed by atoms with E-state index in [2.05, 4.69) is 0 Å². The second kappa shape index (κ2) is 3.53. The summed E-state index contributed by atoms with van der Waals surface area (Å²) in [6.45, 7) is 1.92. The largest absolute Gasteiger partial charge is 0.302 e. The molecule has 0 aliphatic heterocycles. The van der Waals surface area contributed by atoms with Crippen LogP contribution in [0.2, 0.25) is 0 Å². The van der Waals surface area contributed by atoms with Crippen molar-refractivity contribution in [2.45, 2.75) is 13.3 Å². The number of hydrogen-bond donors (Lipinski definition) is 0. The van der Waals surface area contributed by atoms with Crippen molar-refractivity contribution in [3.63, 3.8) is 0 Å². The van der Waals surface area contributed by atoms with E-state index in [0.717, 1.165) is 10.4 Å². The summed E-state index contributed by atoms with van der Waals surface area (Å²) < 4.78 is 32.4. The number of rotatable bonds is 3. The minimum Gasteiger partial charge on any atom is -0.195 e. The Kier molecular flexibility index (Phi) is 2.85. The maximum Gasteiger partial charge on any atom is 0.302 e. The Bertz CT molecular complexity index is 353. The van der Waals surface area contributed by atoms with E-state index in [1.54, 1.807) is 0 Å². The Hall–Kier alpha value is -0.420. The quantitative estimate of drug-likeness (QED) is 0.711. The van der Waals surface area contributed by atoms with E-state index >= 15 is 0 Å². The number of aryl methyl sites for hydroxylation is 2. The third-order valence-corrected chi connectivity index (χ3v) is 3.18. The minimum atomic E-state index is -4.31. The molecular formula is C7H9FO2S2. The lowest BCUT2D eigenvalue weighted by atomic mass is 10.3. The standard InChI is InChI=1S/C7H9FO2S2/c1-6-4-7(11-5-6)2-3-12(8,9)10/h4-5H,2-3H2,1H3. The summed E-state index contributed by atoms with van der Waals surface area (Å²) in [5, 5.41) is 1.92. The summed E-state index contributed by atoms with van der Waals surface area (Å²) in [6.07, 6.45) is 0.275. The van der Waals surface area contributed by atoms with Crippen LogP contribution in [0.3, 0.4) is 0 Å². The summed E-state index contributed by atoms with van der Waals surface area (Å²) in [5.41, 5.74) is 1.09. The average Bonchev–Trinajstić information content (AvgIpc) is 2.30. The molecule has 0 aliphatic carbocycles. The van der Waals surface area contributed by atoms with Crippen molar-refractivity contribution in [2.75, 3.05) is 5.75 Å². The van der Waals surface area contributed by atoms with Crippen molar-refractivity contribution >= 4 is 21.6 Å². The van der Waals surface area contributed by atoms with E-state index in [1.807, 2.05) is 18.4 Å². The van der Waals surface area contributed by atoms with Crippen molar-refractivity contribution in [3.8, 4) is 0 Å². The Morgan fingerprint density at radius 1 is 1.58 bits per heavy atom. The average molecular weight is 208 g/mol. The summed E-state index contributed by atoms with van der Waals surface area (Å²) in [6, 6.07) is 1.87. The van der Waals surface area contributed by atoms with Crippen LogP contribution in [0.1, 0.15) is 10.4 Å². The van der Waals surface area contributed by atoms with E-state index in [4.69, 9.17) is 0 Å². The Morgan fingerprint density at radius 2 is 2.25 bits per heavy atom. The van der Waals surface area contributed by atoms with Crippen LogP contribution in [0.15, 0.2) is 11.4 Å². The normalized spacial score (nSPS) is 11.8. The Labute approximate surface area is 75.3 Å². The molecule has 1 heterocycles. The first-order valence-electron chi connectivity index (χ1n) is 3.44. The molecular weight excluding hydrogens is 199 g/mol. The van der Waals surface area contributed by atoms with Crippen molar-refractivity contribution in [3.05, 3.63) is 21.9 Å². The fourth-order valence-electron chi connectivity index (χ4n) is 0.844. The van der Waals surface area contributed by atoms with Gasteiger partial charge in [-0.1, -0.05) is 0 Å². The van der Waals surface area contributed by atoms with E-state index in [-0.39, 0.29) is 6.42 Å². The van der Waals surface area contributed by atoms with Gasteiger partial charge in [-0.2, -0.15) is 8.42 Å². The molecule has 0 spiro atoms. The van der Waals surface area contributed by atoms with Gasteiger partial charge in [0, 0.05) is 4.88 Å². The van der Waals surface area contributed by atoms with Crippen molar-refractivity contribution in [1.29, 1.82) is 0 Å². The summed E-state index contributed by atoms with van der Waals surface area (Å²) in [4.78, 5) is 0.911. The van der Waals surface area contributed by atoms with E-state index < -0.39 is 16.0 Å². The van der Waals surface area contributed by atoms with E-state index in [0.29, 0.717) is 0 Å². The lowest BCUT2D eigenvalue weighted by molar-refractivity contribution is 0.551. The molecule has 0 radical (unpaired) electrons. The fourth-order valence-corrected chi connectivity index (χ4v) is 2.32. The van der Waals surface area contributed by atoms with Gasteiger partial charge in [0.25, 0.3) is 0 Å². The first-order chi connectivity index (χ1) is 5.47. The number of hydrogen-bond acceptors (Lipinski definition) is 3. The summed E-state index contributed by atoms with van der Waals surface area (Å²) in [7, 11) is -4.31. The van der Waals surface area contributed by atoms with Crippen molar-refractivity contribution in [2.24, 2.45) is 0 Å². The third kappa shape index (κ3) is 3.32. The van der Waals surface area contributed by atoms with Gasteiger partial charge in [-0.25, -0.2) is 0 Å². The van der Waals surface area contributed by atoms with Crippen LogP contribution in [0.4, 0.5) is 3.89 Å². The third-order valence-electron chi connectivity index (χ3n) is 1.38. The molecule has 0 saturated heterocycles. The molecule has 0 aromatic carbocycles. The van der Waals surface area contributed by atoms with E-state index in [1.165, 1.54) is 11.3 Å². The van der Waals surface area contributed by atoms with Gasteiger partial charge in [0.2, 0.25) is 0 Å². The van der Waals surface area contributed by atoms with Crippen LogP contribution >= 0.6 is 11.3 Å². The van der Waals surface area contributed by atoms with Crippen LogP contribution in [0.5, 0.6) is 0 Å². The Balaban J connectivity index is 2.55. The first-order valence-corrected chi connectivity index (χ1v) is 5.87. The Morgan fingerprint density at radius 3 is 2.67 bits per heavy atom. The van der Waals surface area contributed by atoms with Crippen LogP contribution < -0.4 is 0 Å². The number of halogens is 1. The topological polar surface area (TPSA) is 34.1 Å². The zero-order chi connectivity index (χ0) is 9.19. The number of thiophene rings is 1. The van der Waals surface area contributed by atoms with Gasteiger partial charge in [0.15, 0.2) is 0 Å². The molecule has 1 aromatic heterocycles. The molecule has 0 bridgehead atoms. The van der Waals surface area contributed by atoms with Gasteiger partial charge in [0.1, 0.15) is 0 Å². The molecule has 0 N–H and O–H groups in total. The molecule has 68 valence electrons. The van der Waals surface area contributed by atoms with Crippen molar-refractivity contribution < 1.29 is 12.3 Å². The van der Waals surface area contributed by atoms with Crippen LogP contribution in [0, 0.1) is 6.92 Å². The lowest BCUT2D eigenvalue weighted by Gasteiger charge is -1.91. The van der Waals surface area contributed by atoms with Crippen LogP contribution in [0.25, 0.3) is 0 Å². The highest BCUT2D eigenvalue weighted by Gasteiger charge is 2.07. The minimum absolute atomic E-state index is 0.275. The van der Waals surface area contributed by atoms with Gasteiger partial charge in [-0.15, -0.1) is 15.2 Å². The van der Waals surface area contributed by atoms with E-state index in [9.17, 15) is 12.3 Å². The predicted octanol–water partition coefficient (Wildman–Crippen LogP) is 1.90. The predicted molar refractivity (Wildman–Crippen MR) is 47.7 cm³/mol. The molecule has 0 fully saturated rings. The summed E-state index contributed by atoms with van der Waals surface area (Å²) in [5.74, 6) is -0.410. The zero-order valence-corrected chi connectivity index (χ0v) is 8.21. The van der Waals surface area contributed by atoms with Gasteiger partial charge < -0.3 is 0 Å².